The number of carbonyl (C=O) groups is 1. The van der Waals surface area contributed by atoms with E-state index in [9.17, 15) is 13.2 Å². The monoisotopic (exact) mass is 359 g/mol. The molecule has 2 N–H and O–H groups in total. The topological polar surface area (TPSA) is 83.7 Å². The van der Waals surface area contributed by atoms with Gasteiger partial charge in [0.2, 0.25) is 15.9 Å². The summed E-state index contributed by atoms with van der Waals surface area (Å²) in [5, 5.41) is 0. The molecule has 0 saturated carbocycles. The smallest absolute Gasteiger partial charge is 0.243 e. The lowest BCUT2D eigenvalue weighted by Crippen LogP contribution is -2.59. The van der Waals surface area contributed by atoms with Crippen LogP contribution in [0, 0.1) is 0 Å². The molecule has 25 heavy (non-hydrogen) atoms. The zero-order valence-corrected chi connectivity index (χ0v) is 14.6. The zero-order chi connectivity index (χ0) is 17.9. The van der Waals surface area contributed by atoms with Gasteiger partial charge in [0.1, 0.15) is 6.04 Å². The number of benzene rings is 2. The summed E-state index contributed by atoms with van der Waals surface area (Å²) in [6.07, 6.45) is 0. The van der Waals surface area contributed by atoms with E-state index in [0.29, 0.717) is 13.1 Å². The third kappa shape index (κ3) is 3.89. The molecule has 0 aromatic heterocycles. The number of sulfonamides is 1. The SMILES string of the molecule is NC(=O)[C@H]1CN(Cc2ccccc2)CCN1S(=O)(=O)c1ccccc1. The van der Waals surface area contributed by atoms with E-state index >= 15 is 0 Å². The fraction of sp³-hybridized carbons (Fsp3) is 0.278. The first-order valence-corrected chi connectivity index (χ1v) is 9.55. The number of amides is 1. The molecule has 0 radical (unpaired) electrons. The van der Waals surface area contributed by atoms with Crippen LogP contribution in [0.4, 0.5) is 0 Å². The van der Waals surface area contributed by atoms with Crippen LogP contribution in [0.1, 0.15) is 5.56 Å². The van der Waals surface area contributed by atoms with Gasteiger partial charge in [-0.05, 0) is 17.7 Å². The Morgan fingerprint density at radius 3 is 2.20 bits per heavy atom. The van der Waals surface area contributed by atoms with Gasteiger partial charge in [0.15, 0.2) is 0 Å². The van der Waals surface area contributed by atoms with Gasteiger partial charge >= 0.3 is 0 Å². The molecule has 2 aromatic rings. The molecule has 0 aliphatic carbocycles. The fourth-order valence-corrected chi connectivity index (χ4v) is 4.65. The van der Waals surface area contributed by atoms with Gasteiger partial charge in [0.05, 0.1) is 4.90 Å². The van der Waals surface area contributed by atoms with Crippen LogP contribution in [0.5, 0.6) is 0 Å². The highest BCUT2D eigenvalue weighted by Gasteiger charge is 2.39. The number of piperazine rings is 1. The molecule has 1 amide bonds. The van der Waals surface area contributed by atoms with E-state index in [1.807, 2.05) is 30.3 Å². The van der Waals surface area contributed by atoms with Crippen molar-refractivity contribution in [3.8, 4) is 0 Å². The van der Waals surface area contributed by atoms with Gasteiger partial charge in [0.25, 0.3) is 0 Å². The highest BCUT2D eigenvalue weighted by molar-refractivity contribution is 7.89. The summed E-state index contributed by atoms with van der Waals surface area (Å²) in [6.45, 7) is 1.72. The molecule has 0 spiro atoms. The summed E-state index contributed by atoms with van der Waals surface area (Å²) >= 11 is 0. The number of hydrogen-bond acceptors (Lipinski definition) is 4. The Hall–Kier alpha value is -2.22. The lowest BCUT2D eigenvalue weighted by molar-refractivity contribution is -0.123. The van der Waals surface area contributed by atoms with Crippen molar-refractivity contribution in [2.75, 3.05) is 19.6 Å². The minimum absolute atomic E-state index is 0.178. The van der Waals surface area contributed by atoms with Crippen molar-refractivity contribution in [2.45, 2.75) is 17.5 Å². The van der Waals surface area contributed by atoms with E-state index < -0.39 is 22.0 Å². The summed E-state index contributed by atoms with van der Waals surface area (Å²) in [5.41, 5.74) is 6.63. The Balaban J connectivity index is 1.80. The van der Waals surface area contributed by atoms with E-state index in [2.05, 4.69) is 4.90 Å². The zero-order valence-electron chi connectivity index (χ0n) is 13.8. The van der Waals surface area contributed by atoms with Gasteiger partial charge in [-0.3, -0.25) is 9.69 Å². The average molecular weight is 359 g/mol. The summed E-state index contributed by atoms with van der Waals surface area (Å²) in [6, 6.07) is 17.1. The molecular weight excluding hydrogens is 338 g/mol. The van der Waals surface area contributed by atoms with Crippen LogP contribution in [0.25, 0.3) is 0 Å². The molecule has 1 aliphatic rings. The predicted molar refractivity (Wildman–Crippen MR) is 95.0 cm³/mol. The van der Waals surface area contributed by atoms with Crippen LogP contribution >= 0.6 is 0 Å². The molecule has 3 rings (SSSR count). The molecule has 132 valence electrons. The molecule has 1 atom stereocenters. The van der Waals surface area contributed by atoms with Gasteiger partial charge in [0, 0.05) is 26.2 Å². The van der Waals surface area contributed by atoms with Crippen molar-refractivity contribution < 1.29 is 13.2 Å². The maximum atomic E-state index is 12.9. The fourth-order valence-electron chi connectivity index (χ4n) is 3.06. The van der Waals surface area contributed by atoms with Crippen molar-refractivity contribution in [3.63, 3.8) is 0 Å². The maximum absolute atomic E-state index is 12.9. The van der Waals surface area contributed by atoms with Crippen molar-refractivity contribution in [1.82, 2.24) is 9.21 Å². The molecular formula is C18H21N3O3S. The highest BCUT2D eigenvalue weighted by Crippen LogP contribution is 2.22. The summed E-state index contributed by atoms with van der Waals surface area (Å²) in [4.78, 5) is 14.2. The second kappa shape index (κ2) is 7.35. The van der Waals surface area contributed by atoms with Crippen LogP contribution in [0.2, 0.25) is 0 Å². The van der Waals surface area contributed by atoms with Gasteiger partial charge < -0.3 is 5.73 Å². The van der Waals surface area contributed by atoms with Crippen molar-refractivity contribution >= 4 is 15.9 Å². The Morgan fingerprint density at radius 2 is 1.60 bits per heavy atom. The normalized spacial score (nSPS) is 19.6. The maximum Gasteiger partial charge on any atom is 0.243 e. The molecule has 2 aromatic carbocycles. The number of hydrogen-bond donors (Lipinski definition) is 1. The van der Waals surface area contributed by atoms with Crippen LogP contribution in [0.15, 0.2) is 65.6 Å². The number of rotatable bonds is 5. The highest BCUT2D eigenvalue weighted by atomic mass is 32.2. The van der Waals surface area contributed by atoms with Crippen LogP contribution in [-0.2, 0) is 21.4 Å². The molecule has 1 fully saturated rings. The van der Waals surface area contributed by atoms with Gasteiger partial charge in [-0.15, -0.1) is 0 Å². The largest absolute Gasteiger partial charge is 0.368 e. The number of primary amides is 1. The average Bonchev–Trinajstić information content (AvgIpc) is 2.63. The number of nitrogens with zero attached hydrogens (tertiary/aromatic N) is 2. The standard InChI is InChI=1S/C18H21N3O3S/c19-18(22)17-14-20(13-15-7-3-1-4-8-15)11-12-21(17)25(23,24)16-9-5-2-6-10-16/h1-10,17H,11-14H2,(H2,19,22)/t17-/m1/s1. The predicted octanol–water partition coefficient (Wildman–Crippen LogP) is 1.05. The Morgan fingerprint density at radius 1 is 1.00 bits per heavy atom. The quantitative estimate of drug-likeness (QED) is 0.865. The number of carbonyl (C=O) groups excluding carboxylic acids is 1. The first-order valence-electron chi connectivity index (χ1n) is 8.11. The second-order valence-electron chi connectivity index (χ2n) is 6.07. The summed E-state index contributed by atoms with van der Waals surface area (Å²) < 4.78 is 27.0. The molecule has 1 heterocycles. The Bertz CT molecular complexity index is 825. The molecule has 0 bridgehead atoms. The molecule has 1 aliphatic heterocycles. The summed E-state index contributed by atoms with van der Waals surface area (Å²) in [5.74, 6) is -0.628. The van der Waals surface area contributed by atoms with Crippen LogP contribution < -0.4 is 5.73 Å². The molecule has 7 heteroatoms. The Kier molecular flexibility index (Phi) is 5.17. The van der Waals surface area contributed by atoms with Crippen molar-refractivity contribution in [1.29, 1.82) is 0 Å². The minimum atomic E-state index is -3.75. The van der Waals surface area contributed by atoms with E-state index in [1.54, 1.807) is 18.2 Å². The van der Waals surface area contributed by atoms with Crippen molar-refractivity contribution in [2.24, 2.45) is 5.73 Å². The van der Waals surface area contributed by atoms with Crippen LogP contribution in [-0.4, -0.2) is 49.2 Å². The van der Waals surface area contributed by atoms with Crippen molar-refractivity contribution in [3.05, 3.63) is 66.2 Å². The third-order valence-corrected chi connectivity index (χ3v) is 6.27. The van der Waals surface area contributed by atoms with E-state index in [4.69, 9.17) is 5.73 Å². The Labute approximate surface area is 147 Å². The van der Waals surface area contributed by atoms with Gasteiger partial charge in [-0.2, -0.15) is 4.31 Å². The van der Waals surface area contributed by atoms with E-state index in [1.165, 1.54) is 16.4 Å². The number of nitrogens with two attached hydrogens (primary N) is 1. The molecule has 6 nitrogen and oxygen atoms in total. The van der Waals surface area contributed by atoms with E-state index in [0.717, 1.165) is 5.56 Å². The second-order valence-corrected chi connectivity index (χ2v) is 7.96. The first kappa shape index (κ1) is 17.6. The lowest BCUT2D eigenvalue weighted by Gasteiger charge is -2.39. The van der Waals surface area contributed by atoms with Crippen LogP contribution in [0.3, 0.4) is 0 Å². The lowest BCUT2D eigenvalue weighted by atomic mass is 10.1. The summed E-state index contributed by atoms with van der Waals surface area (Å²) in [7, 11) is -3.75. The molecule has 1 saturated heterocycles. The molecule has 0 unspecified atom stereocenters. The first-order chi connectivity index (χ1) is 12.0. The van der Waals surface area contributed by atoms with Gasteiger partial charge in [-0.25, -0.2) is 8.42 Å². The third-order valence-electron chi connectivity index (χ3n) is 4.34. The van der Waals surface area contributed by atoms with Gasteiger partial charge in [-0.1, -0.05) is 48.5 Å². The van der Waals surface area contributed by atoms with E-state index in [-0.39, 0.29) is 18.0 Å². The minimum Gasteiger partial charge on any atom is -0.368 e.